The molecule has 2 amide bonds. The van der Waals surface area contributed by atoms with Crippen LogP contribution in [0.3, 0.4) is 0 Å². The number of sulfonamides is 1. The van der Waals surface area contributed by atoms with E-state index in [1.54, 1.807) is 30.3 Å². The van der Waals surface area contributed by atoms with Crippen molar-refractivity contribution in [1.29, 1.82) is 0 Å². The molecule has 2 aromatic rings. The van der Waals surface area contributed by atoms with E-state index < -0.39 is 34.3 Å². The first-order valence-corrected chi connectivity index (χ1v) is 14.3. The molecule has 1 N–H and O–H groups in total. The minimum atomic E-state index is -3.78. The maximum Gasteiger partial charge on any atom is 0.244 e. The summed E-state index contributed by atoms with van der Waals surface area (Å²) in [5.74, 6) is -1.15. The molecule has 0 spiro atoms. The average Bonchev–Trinajstić information content (AvgIpc) is 2.83. The van der Waals surface area contributed by atoms with Crippen LogP contribution in [0, 0.1) is 12.7 Å². The lowest BCUT2D eigenvalue weighted by molar-refractivity contribution is -0.140. The van der Waals surface area contributed by atoms with Crippen molar-refractivity contribution in [2.75, 3.05) is 17.1 Å². The number of anilines is 1. The smallest absolute Gasteiger partial charge is 0.244 e. The van der Waals surface area contributed by atoms with E-state index >= 15 is 0 Å². The summed E-state index contributed by atoms with van der Waals surface area (Å²) >= 11 is 0. The van der Waals surface area contributed by atoms with Gasteiger partial charge in [0.15, 0.2) is 0 Å². The lowest BCUT2D eigenvalue weighted by Crippen LogP contribution is -2.53. The van der Waals surface area contributed by atoms with Gasteiger partial charge in [-0.1, -0.05) is 50.5 Å². The van der Waals surface area contributed by atoms with E-state index in [1.807, 2.05) is 19.9 Å². The van der Waals surface area contributed by atoms with Crippen LogP contribution in [0.15, 0.2) is 48.5 Å². The number of nitrogens with zero attached hydrogens (tertiary/aromatic N) is 2. The zero-order valence-corrected chi connectivity index (χ0v) is 22.1. The third-order valence-electron chi connectivity index (χ3n) is 6.57. The van der Waals surface area contributed by atoms with Gasteiger partial charge in [0, 0.05) is 12.6 Å². The Kier molecular flexibility index (Phi) is 9.48. The highest BCUT2D eigenvalue weighted by molar-refractivity contribution is 7.92. The summed E-state index contributed by atoms with van der Waals surface area (Å²) in [6, 6.07) is 11.9. The van der Waals surface area contributed by atoms with Gasteiger partial charge in [-0.3, -0.25) is 13.9 Å². The number of benzene rings is 2. The molecule has 1 atom stereocenters. The molecule has 0 saturated heterocycles. The number of nitrogens with one attached hydrogen (secondary N) is 1. The van der Waals surface area contributed by atoms with E-state index in [2.05, 4.69) is 5.32 Å². The average molecular weight is 518 g/mol. The normalized spacial score (nSPS) is 15.2. The van der Waals surface area contributed by atoms with Crippen molar-refractivity contribution in [3.8, 4) is 0 Å². The van der Waals surface area contributed by atoms with Gasteiger partial charge >= 0.3 is 0 Å². The van der Waals surface area contributed by atoms with Crippen LogP contribution in [-0.2, 0) is 26.2 Å². The molecule has 0 radical (unpaired) electrons. The largest absolute Gasteiger partial charge is 0.352 e. The van der Waals surface area contributed by atoms with Crippen molar-refractivity contribution in [3.63, 3.8) is 0 Å². The lowest BCUT2D eigenvalue weighted by atomic mass is 9.95. The predicted octanol–water partition coefficient (Wildman–Crippen LogP) is 4.16. The van der Waals surface area contributed by atoms with E-state index in [0.29, 0.717) is 17.7 Å². The molecule has 36 heavy (non-hydrogen) atoms. The Morgan fingerprint density at radius 3 is 2.33 bits per heavy atom. The van der Waals surface area contributed by atoms with Gasteiger partial charge in [-0.05, 0) is 61.6 Å². The second-order valence-electron chi connectivity index (χ2n) is 9.52. The zero-order chi connectivity index (χ0) is 26.3. The molecule has 0 aliphatic heterocycles. The highest BCUT2D eigenvalue weighted by Gasteiger charge is 2.32. The fraction of sp³-hybridized carbons (Fsp3) is 0.481. The summed E-state index contributed by atoms with van der Waals surface area (Å²) in [6.07, 6.45) is 6.49. The minimum Gasteiger partial charge on any atom is -0.352 e. The Labute approximate surface area is 213 Å². The zero-order valence-electron chi connectivity index (χ0n) is 21.2. The molecule has 1 saturated carbocycles. The summed E-state index contributed by atoms with van der Waals surface area (Å²) in [4.78, 5) is 28.4. The minimum absolute atomic E-state index is 0.0567. The topological polar surface area (TPSA) is 86.8 Å². The van der Waals surface area contributed by atoms with Crippen LogP contribution < -0.4 is 9.62 Å². The number of carbonyl (C=O) groups excluding carboxylic acids is 2. The van der Waals surface area contributed by atoms with E-state index in [-0.39, 0.29) is 18.5 Å². The second kappa shape index (κ2) is 12.3. The first kappa shape index (κ1) is 27.6. The molecule has 1 aliphatic carbocycles. The van der Waals surface area contributed by atoms with Crippen LogP contribution in [-0.4, -0.2) is 50.0 Å². The van der Waals surface area contributed by atoms with Crippen LogP contribution in [0.25, 0.3) is 0 Å². The summed E-state index contributed by atoms with van der Waals surface area (Å²) < 4.78 is 39.9. The molecule has 2 aromatic carbocycles. The highest BCUT2D eigenvalue weighted by Crippen LogP contribution is 2.22. The van der Waals surface area contributed by atoms with Crippen LogP contribution in [0.4, 0.5) is 10.1 Å². The monoisotopic (exact) mass is 517 g/mol. The number of amides is 2. The summed E-state index contributed by atoms with van der Waals surface area (Å²) in [7, 11) is -3.78. The highest BCUT2D eigenvalue weighted by atomic mass is 32.2. The van der Waals surface area contributed by atoms with Crippen molar-refractivity contribution in [1.82, 2.24) is 10.2 Å². The fourth-order valence-corrected chi connectivity index (χ4v) is 5.49. The van der Waals surface area contributed by atoms with Crippen LogP contribution in [0.2, 0.25) is 0 Å². The van der Waals surface area contributed by atoms with E-state index in [0.717, 1.165) is 48.2 Å². The first-order valence-electron chi connectivity index (χ1n) is 12.5. The predicted molar refractivity (Wildman–Crippen MR) is 139 cm³/mol. The summed E-state index contributed by atoms with van der Waals surface area (Å²) in [6.45, 7) is 3.28. The second-order valence-corrected chi connectivity index (χ2v) is 11.4. The first-order chi connectivity index (χ1) is 17.1. The number of hydrogen-bond donors (Lipinski definition) is 1. The van der Waals surface area contributed by atoms with Gasteiger partial charge in [-0.2, -0.15) is 0 Å². The molecule has 196 valence electrons. The Morgan fingerprint density at radius 2 is 1.75 bits per heavy atom. The molecular formula is C27H36FN3O4S. The van der Waals surface area contributed by atoms with Gasteiger partial charge in [0.1, 0.15) is 18.4 Å². The van der Waals surface area contributed by atoms with Crippen LogP contribution in [0.5, 0.6) is 0 Å². The summed E-state index contributed by atoms with van der Waals surface area (Å²) in [5.41, 5.74) is 1.89. The molecular weight excluding hydrogens is 481 g/mol. The third-order valence-corrected chi connectivity index (χ3v) is 7.71. The van der Waals surface area contributed by atoms with Gasteiger partial charge in [-0.25, -0.2) is 12.8 Å². The van der Waals surface area contributed by atoms with Gasteiger partial charge < -0.3 is 10.2 Å². The molecule has 0 unspecified atom stereocenters. The quantitative estimate of drug-likeness (QED) is 0.513. The Bertz CT molecular complexity index is 1150. The Hall–Kier alpha value is -2.94. The molecule has 0 bridgehead atoms. The maximum absolute atomic E-state index is 13.7. The van der Waals surface area contributed by atoms with Gasteiger partial charge in [0.25, 0.3) is 0 Å². The standard InChI is InChI=1S/C27H36FN3O4S/c1-4-25(27(33)29-23-10-6-5-7-11-23)30(18-21-13-15-22(28)16-14-21)26(32)19-31(36(3,34)35)24-12-8-9-20(2)17-24/h8-9,12-17,23,25H,4-7,10-11,18-19H2,1-3H3,(H,29,33)/t25-/m1/s1. The number of rotatable bonds is 10. The Morgan fingerprint density at radius 1 is 1.08 bits per heavy atom. The molecule has 1 aliphatic rings. The van der Waals surface area contributed by atoms with E-state index in [4.69, 9.17) is 0 Å². The maximum atomic E-state index is 13.7. The SMILES string of the molecule is CC[C@H](C(=O)NC1CCCCC1)N(Cc1ccc(F)cc1)C(=O)CN(c1cccc(C)c1)S(C)(=O)=O. The van der Waals surface area contributed by atoms with E-state index in [9.17, 15) is 22.4 Å². The van der Waals surface area contributed by atoms with Crippen molar-refractivity contribution in [2.24, 2.45) is 0 Å². The van der Waals surface area contributed by atoms with Crippen molar-refractivity contribution in [3.05, 3.63) is 65.5 Å². The fourth-order valence-electron chi connectivity index (χ4n) is 4.65. The molecule has 0 aromatic heterocycles. The number of hydrogen-bond acceptors (Lipinski definition) is 4. The molecule has 1 fully saturated rings. The number of aryl methyl sites for hydroxylation is 1. The lowest BCUT2D eigenvalue weighted by Gasteiger charge is -2.34. The third kappa shape index (κ3) is 7.53. The molecule has 7 nitrogen and oxygen atoms in total. The van der Waals surface area contributed by atoms with Gasteiger partial charge in [0.05, 0.1) is 11.9 Å². The number of carbonyl (C=O) groups is 2. The molecule has 9 heteroatoms. The van der Waals surface area contributed by atoms with Crippen molar-refractivity contribution in [2.45, 2.75) is 71.0 Å². The summed E-state index contributed by atoms with van der Waals surface area (Å²) in [5, 5.41) is 3.10. The number of halogens is 1. The van der Waals surface area contributed by atoms with E-state index in [1.165, 1.54) is 17.0 Å². The van der Waals surface area contributed by atoms with Crippen LogP contribution in [0.1, 0.15) is 56.6 Å². The Balaban J connectivity index is 1.90. The molecule has 0 heterocycles. The van der Waals surface area contributed by atoms with Crippen molar-refractivity contribution < 1.29 is 22.4 Å². The van der Waals surface area contributed by atoms with Crippen LogP contribution >= 0.6 is 0 Å². The van der Waals surface area contributed by atoms with Crippen molar-refractivity contribution >= 4 is 27.5 Å². The van der Waals surface area contributed by atoms with Gasteiger partial charge in [-0.15, -0.1) is 0 Å². The molecule has 3 rings (SSSR count). The van der Waals surface area contributed by atoms with Gasteiger partial charge in [0.2, 0.25) is 21.8 Å².